The molecule has 3 heterocycles. The molecule has 0 fully saturated rings. The van der Waals surface area contributed by atoms with Crippen LogP contribution in [0, 0.1) is 17.6 Å². The van der Waals surface area contributed by atoms with Crippen LogP contribution < -0.4 is 10.6 Å². The number of alkyl halides is 3. The van der Waals surface area contributed by atoms with Gasteiger partial charge in [0.05, 0.1) is 17.8 Å². The topological polar surface area (TPSA) is 75.5 Å². The number of anilines is 1. The summed E-state index contributed by atoms with van der Waals surface area (Å²) >= 11 is 6.31. The van der Waals surface area contributed by atoms with Gasteiger partial charge in [-0.25, -0.2) is 13.8 Å². The summed E-state index contributed by atoms with van der Waals surface area (Å²) in [5.74, 6) is -4.33. The number of benzene rings is 3. The minimum Gasteiger partial charge on any atom is -0.341 e. The highest BCUT2D eigenvalue weighted by molar-refractivity contribution is 6.31. The van der Waals surface area contributed by atoms with Gasteiger partial charge < -0.3 is 10.6 Å². The van der Waals surface area contributed by atoms with Crippen LogP contribution in [0.25, 0.3) is 16.8 Å². The van der Waals surface area contributed by atoms with Gasteiger partial charge in [0.2, 0.25) is 5.95 Å². The lowest BCUT2D eigenvalue weighted by atomic mass is 9.93. The van der Waals surface area contributed by atoms with Crippen molar-refractivity contribution in [2.24, 2.45) is 0 Å². The molecule has 2 N–H and O–H groups in total. The monoisotopic (exact) mass is 600 g/mol. The molecule has 6 nitrogen and oxygen atoms in total. The SMILES string of the molecule is O=C(Nc1cc(-c2ccc3ncc(F)n3c2)cc2c1[C@@H](c1cc(F)ccc1Cl)NC2=O)c1cc(F)cc(C(F)(F)F)c1. The van der Waals surface area contributed by atoms with Crippen LogP contribution in [0.2, 0.25) is 5.02 Å². The van der Waals surface area contributed by atoms with Crippen molar-refractivity contribution >= 4 is 34.7 Å². The van der Waals surface area contributed by atoms with E-state index in [0.29, 0.717) is 28.9 Å². The van der Waals surface area contributed by atoms with Gasteiger partial charge in [-0.3, -0.25) is 14.0 Å². The first-order chi connectivity index (χ1) is 19.9. The molecule has 5 aromatic rings. The average Bonchev–Trinajstić information content (AvgIpc) is 3.48. The van der Waals surface area contributed by atoms with Gasteiger partial charge in [0.25, 0.3) is 11.8 Å². The van der Waals surface area contributed by atoms with E-state index in [1.165, 1.54) is 30.5 Å². The second-order valence-corrected chi connectivity index (χ2v) is 9.87. The average molecular weight is 601 g/mol. The summed E-state index contributed by atoms with van der Waals surface area (Å²) in [6.45, 7) is 0. The highest BCUT2D eigenvalue weighted by Crippen LogP contribution is 2.42. The Morgan fingerprint density at radius 3 is 2.50 bits per heavy atom. The summed E-state index contributed by atoms with van der Waals surface area (Å²) in [5.41, 5.74) is -0.723. The highest BCUT2D eigenvalue weighted by Gasteiger charge is 2.36. The van der Waals surface area contributed by atoms with E-state index in [1.54, 1.807) is 6.07 Å². The quantitative estimate of drug-likeness (QED) is 0.215. The fourth-order valence-electron chi connectivity index (χ4n) is 4.87. The van der Waals surface area contributed by atoms with E-state index in [9.17, 15) is 35.9 Å². The Hall–Kier alpha value is -4.84. The number of halogens is 7. The molecule has 1 aliphatic heterocycles. The molecule has 0 saturated carbocycles. The molecular weight excluding hydrogens is 586 g/mol. The van der Waals surface area contributed by atoms with E-state index in [2.05, 4.69) is 15.6 Å². The van der Waals surface area contributed by atoms with Crippen molar-refractivity contribution in [3.63, 3.8) is 0 Å². The number of fused-ring (bicyclic) bond motifs is 2. The maximum Gasteiger partial charge on any atom is 0.416 e. The number of carbonyl (C=O) groups is 2. The predicted octanol–water partition coefficient (Wildman–Crippen LogP) is 7.18. The van der Waals surface area contributed by atoms with E-state index in [0.717, 1.165) is 22.7 Å². The Bertz CT molecular complexity index is 1940. The van der Waals surface area contributed by atoms with Gasteiger partial charge in [-0.05, 0) is 71.8 Å². The van der Waals surface area contributed by atoms with Crippen LogP contribution in [0.4, 0.5) is 32.0 Å². The number of aromatic nitrogens is 2. The first kappa shape index (κ1) is 27.3. The standard InChI is InChI=1S/C29H15ClF6N4O2/c30-21-3-2-17(31)10-19(21)26-25-20(28(42)39-26)7-14(13-1-4-24-37-11-23(33)40(24)12-13)8-22(25)38-27(41)15-5-16(29(34,35)36)9-18(32)6-15/h1-12,26H,(H,38,41)(H,39,42)/t26-/m1/s1. The van der Waals surface area contributed by atoms with Crippen LogP contribution in [-0.4, -0.2) is 21.2 Å². The Kier molecular flexibility index (Phi) is 6.45. The van der Waals surface area contributed by atoms with E-state index in [4.69, 9.17) is 11.6 Å². The van der Waals surface area contributed by atoms with Crippen molar-refractivity contribution in [2.75, 3.05) is 5.32 Å². The van der Waals surface area contributed by atoms with Crippen molar-refractivity contribution in [2.45, 2.75) is 12.2 Å². The van der Waals surface area contributed by atoms with Gasteiger partial charge >= 0.3 is 6.18 Å². The van der Waals surface area contributed by atoms with Gasteiger partial charge in [0.1, 0.15) is 17.3 Å². The van der Waals surface area contributed by atoms with Gasteiger partial charge in [0.15, 0.2) is 0 Å². The molecule has 2 amide bonds. The minimum atomic E-state index is -4.92. The first-order valence-electron chi connectivity index (χ1n) is 12.1. The molecule has 0 saturated heterocycles. The van der Waals surface area contributed by atoms with Crippen LogP contribution in [0.15, 0.2) is 73.1 Å². The molecule has 42 heavy (non-hydrogen) atoms. The smallest absolute Gasteiger partial charge is 0.341 e. The van der Waals surface area contributed by atoms with Crippen molar-refractivity contribution in [1.29, 1.82) is 0 Å². The lowest BCUT2D eigenvalue weighted by molar-refractivity contribution is -0.137. The molecule has 0 aliphatic carbocycles. The summed E-state index contributed by atoms with van der Waals surface area (Å²) in [4.78, 5) is 30.3. The van der Waals surface area contributed by atoms with Crippen molar-refractivity contribution in [3.05, 3.63) is 123 Å². The Morgan fingerprint density at radius 2 is 1.74 bits per heavy atom. The third-order valence-electron chi connectivity index (χ3n) is 6.79. The molecule has 3 aromatic carbocycles. The molecule has 6 rings (SSSR count). The molecule has 13 heteroatoms. The van der Waals surface area contributed by atoms with Gasteiger partial charge in [-0.1, -0.05) is 11.6 Å². The van der Waals surface area contributed by atoms with E-state index in [1.807, 2.05) is 0 Å². The van der Waals surface area contributed by atoms with Crippen molar-refractivity contribution < 1.29 is 35.9 Å². The number of nitrogens with zero attached hydrogens (tertiary/aromatic N) is 2. The zero-order valence-corrected chi connectivity index (χ0v) is 21.6. The second kappa shape index (κ2) is 9.91. The third kappa shape index (κ3) is 4.83. The summed E-state index contributed by atoms with van der Waals surface area (Å²) in [5, 5.41) is 5.25. The van der Waals surface area contributed by atoms with Gasteiger partial charge in [-0.2, -0.15) is 17.6 Å². The van der Waals surface area contributed by atoms with E-state index >= 15 is 0 Å². The van der Waals surface area contributed by atoms with Crippen LogP contribution in [0.1, 0.15) is 43.4 Å². The van der Waals surface area contributed by atoms with Crippen molar-refractivity contribution in [3.8, 4) is 11.1 Å². The van der Waals surface area contributed by atoms with Gasteiger partial charge in [-0.15, -0.1) is 0 Å². The second-order valence-electron chi connectivity index (χ2n) is 9.46. The predicted molar refractivity (Wildman–Crippen MR) is 141 cm³/mol. The molecule has 1 aliphatic rings. The normalized spacial score (nSPS) is 14.6. The first-order valence-corrected chi connectivity index (χ1v) is 12.5. The fourth-order valence-corrected chi connectivity index (χ4v) is 5.10. The van der Waals surface area contributed by atoms with Crippen LogP contribution >= 0.6 is 11.6 Å². The Labute approximate surface area is 237 Å². The summed E-state index contributed by atoms with van der Waals surface area (Å²) in [7, 11) is 0. The Morgan fingerprint density at radius 1 is 0.952 bits per heavy atom. The van der Waals surface area contributed by atoms with E-state index < -0.39 is 52.7 Å². The lowest BCUT2D eigenvalue weighted by Gasteiger charge is -2.19. The maximum atomic E-state index is 14.2. The molecule has 2 aromatic heterocycles. The van der Waals surface area contributed by atoms with Crippen LogP contribution in [0.5, 0.6) is 0 Å². The minimum absolute atomic E-state index is 0.0366. The number of carbonyl (C=O) groups excluding carboxylic acids is 2. The number of nitrogens with one attached hydrogen (secondary N) is 2. The molecule has 212 valence electrons. The van der Waals surface area contributed by atoms with E-state index in [-0.39, 0.29) is 33.5 Å². The third-order valence-corrected chi connectivity index (χ3v) is 7.13. The van der Waals surface area contributed by atoms with Crippen LogP contribution in [0.3, 0.4) is 0 Å². The van der Waals surface area contributed by atoms with Gasteiger partial charge in [0, 0.05) is 39.2 Å². The molecule has 0 unspecified atom stereocenters. The summed E-state index contributed by atoms with van der Waals surface area (Å²) in [6.07, 6.45) is -2.50. The number of hydrogen-bond donors (Lipinski definition) is 2. The number of pyridine rings is 1. The number of amides is 2. The molecule has 0 radical (unpaired) electrons. The Balaban J connectivity index is 1.52. The maximum absolute atomic E-state index is 14.2. The van der Waals surface area contributed by atoms with Crippen LogP contribution in [-0.2, 0) is 6.18 Å². The zero-order chi connectivity index (χ0) is 29.9. The summed E-state index contributed by atoms with van der Waals surface area (Å²) < 4.78 is 83.6. The number of hydrogen-bond acceptors (Lipinski definition) is 3. The number of rotatable bonds is 4. The fraction of sp³-hybridized carbons (Fsp3) is 0.0690. The number of imidazole rings is 1. The molecule has 0 spiro atoms. The zero-order valence-electron chi connectivity index (χ0n) is 20.9. The molecule has 0 bridgehead atoms. The van der Waals surface area contributed by atoms with Crippen molar-refractivity contribution in [1.82, 2.24) is 14.7 Å². The summed E-state index contributed by atoms with van der Waals surface area (Å²) in [6, 6.07) is 9.79. The molecular formula is C29H15ClF6N4O2. The largest absolute Gasteiger partial charge is 0.416 e. The highest BCUT2D eigenvalue weighted by atomic mass is 35.5. The lowest BCUT2D eigenvalue weighted by Crippen LogP contribution is -2.21. The molecule has 1 atom stereocenters.